The van der Waals surface area contributed by atoms with E-state index < -0.39 is 12.1 Å². The molecule has 3 rings (SSSR count). The van der Waals surface area contributed by atoms with Crippen molar-refractivity contribution in [3.63, 3.8) is 0 Å². The number of likely N-dealkylation sites (tertiary alicyclic amines) is 1. The van der Waals surface area contributed by atoms with Crippen LogP contribution >= 0.6 is 22.9 Å². The second-order valence-electron chi connectivity index (χ2n) is 6.66. The van der Waals surface area contributed by atoms with Crippen LogP contribution in [-0.2, 0) is 11.3 Å². The Morgan fingerprint density at radius 1 is 1.43 bits per heavy atom. The molecule has 0 spiro atoms. The Bertz CT molecular complexity index is 872. The number of hydrogen-bond donors (Lipinski definition) is 1. The number of nitrogens with one attached hydrogen (secondary N) is 1. The third kappa shape index (κ3) is 5.36. The lowest BCUT2D eigenvalue weighted by atomic mass is 10.1. The fourth-order valence-corrected chi connectivity index (χ4v) is 4.47. The lowest BCUT2D eigenvalue weighted by Crippen LogP contribution is -2.25. The van der Waals surface area contributed by atoms with E-state index in [4.69, 9.17) is 11.6 Å². The number of carbonyl (C=O) groups is 1. The second kappa shape index (κ2) is 8.26. The van der Waals surface area contributed by atoms with Gasteiger partial charge in [0.2, 0.25) is 5.91 Å². The number of anilines is 1. The van der Waals surface area contributed by atoms with Crippen molar-refractivity contribution in [1.82, 2.24) is 9.88 Å². The van der Waals surface area contributed by atoms with E-state index in [1.165, 1.54) is 30.4 Å². The topological polar surface area (TPSA) is 54.5 Å². The van der Waals surface area contributed by atoms with Crippen LogP contribution in [0.5, 0.6) is 5.75 Å². The summed E-state index contributed by atoms with van der Waals surface area (Å²) in [6.07, 6.45) is -2.64. The summed E-state index contributed by atoms with van der Waals surface area (Å²) in [4.78, 5) is 19.0. The van der Waals surface area contributed by atoms with E-state index >= 15 is 0 Å². The van der Waals surface area contributed by atoms with Gasteiger partial charge in [0.15, 0.2) is 5.13 Å². The molecule has 1 aromatic carbocycles. The molecule has 1 atom stereocenters. The minimum absolute atomic E-state index is 0.103. The minimum atomic E-state index is -4.82. The van der Waals surface area contributed by atoms with Gasteiger partial charge < -0.3 is 10.1 Å². The van der Waals surface area contributed by atoms with Crippen LogP contribution in [0.15, 0.2) is 18.2 Å². The van der Waals surface area contributed by atoms with E-state index in [1.54, 1.807) is 0 Å². The van der Waals surface area contributed by atoms with Gasteiger partial charge >= 0.3 is 6.36 Å². The summed E-state index contributed by atoms with van der Waals surface area (Å²) in [6.45, 7) is 5.04. The Labute approximate surface area is 169 Å². The Hall–Kier alpha value is -1.84. The van der Waals surface area contributed by atoms with Gasteiger partial charge in [0, 0.05) is 35.0 Å². The third-order valence-electron chi connectivity index (χ3n) is 4.40. The van der Waals surface area contributed by atoms with Gasteiger partial charge in [0.1, 0.15) is 5.75 Å². The summed E-state index contributed by atoms with van der Waals surface area (Å²) in [5, 5.41) is 3.14. The molecule has 0 radical (unpaired) electrons. The number of alkyl halides is 3. The van der Waals surface area contributed by atoms with Crippen LogP contribution in [0.2, 0.25) is 5.02 Å². The van der Waals surface area contributed by atoms with E-state index in [1.807, 2.05) is 0 Å². The number of thiazole rings is 1. The van der Waals surface area contributed by atoms with E-state index in [0.717, 1.165) is 30.3 Å². The second-order valence-corrected chi connectivity index (χ2v) is 8.18. The van der Waals surface area contributed by atoms with Gasteiger partial charge in [-0.15, -0.1) is 13.2 Å². The van der Waals surface area contributed by atoms with Gasteiger partial charge in [-0.3, -0.25) is 9.69 Å². The monoisotopic (exact) mass is 433 g/mol. The summed E-state index contributed by atoms with van der Waals surface area (Å²) >= 11 is 7.32. The summed E-state index contributed by atoms with van der Waals surface area (Å²) in [6, 6.07) is 4.29. The maximum absolute atomic E-state index is 12.6. The highest BCUT2D eigenvalue weighted by atomic mass is 35.5. The van der Waals surface area contributed by atoms with Crippen LogP contribution in [0, 0.1) is 0 Å². The number of carbonyl (C=O) groups excluding carboxylic acids is 1. The van der Waals surface area contributed by atoms with Crippen LogP contribution in [0.1, 0.15) is 31.6 Å². The van der Waals surface area contributed by atoms with E-state index in [2.05, 4.69) is 26.9 Å². The SMILES string of the molecule is CC(=O)Nc1nc(-c2cc(Cl)cc(OC(F)(F)F)c2)c(CN2CCC[C@H]2C)s1. The average Bonchev–Trinajstić information content (AvgIpc) is 3.11. The third-order valence-corrected chi connectivity index (χ3v) is 5.57. The van der Waals surface area contributed by atoms with Gasteiger partial charge in [-0.2, -0.15) is 0 Å². The van der Waals surface area contributed by atoms with Crippen molar-refractivity contribution in [2.24, 2.45) is 0 Å². The molecule has 1 aliphatic heterocycles. The predicted octanol–water partition coefficient (Wildman–Crippen LogP) is 5.30. The van der Waals surface area contributed by atoms with Crippen molar-refractivity contribution in [3.05, 3.63) is 28.1 Å². The molecule has 1 fully saturated rings. The molecular formula is C18H19ClF3N3O2S. The quantitative estimate of drug-likeness (QED) is 0.694. The summed E-state index contributed by atoms with van der Waals surface area (Å²) < 4.78 is 41.9. The lowest BCUT2D eigenvalue weighted by Gasteiger charge is -2.20. The molecule has 0 saturated carbocycles. The Morgan fingerprint density at radius 3 is 2.79 bits per heavy atom. The van der Waals surface area contributed by atoms with Crippen molar-refractivity contribution in [3.8, 4) is 17.0 Å². The summed E-state index contributed by atoms with van der Waals surface area (Å²) in [7, 11) is 0. The van der Waals surface area contributed by atoms with E-state index in [9.17, 15) is 18.0 Å². The van der Waals surface area contributed by atoms with Crippen LogP contribution in [-0.4, -0.2) is 34.7 Å². The number of nitrogens with zero attached hydrogens (tertiary/aromatic N) is 2. The zero-order chi connectivity index (χ0) is 20.5. The molecule has 1 amide bonds. The highest BCUT2D eigenvalue weighted by molar-refractivity contribution is 7.16. The molecule has 10 heteroatoms. The van der Waals surface area contributed by atoms with E-state index in [0.29, 0.717) is 29.0 Å². The fraction of sp³-hybridized carbons (Fsp3) is 0.444. The molecular weight excluding hydrogens is 415 g/mol. The molecule has 2 heterocycles. The van der Waals surface area contributed by atoms with Crippen LogP contribution < -0.4 is 10.1 Å². The highest BCUT2D eigenvalue weighted by Crippen LogP contribution is 2.37. The average molecular weight is 434 g/mol. The number of hydrogen-bond acceptors (Lipinski definition) is 5. The molecule has 1 aliphatic rings. The zero-order valence-corrected chi connectivity index (χ0v) is 16.8. The molecule has 1 aromatic heterocycles. The van der Waals surface area contributed by atoms with Crippen molar-refractivity contribution < 1.29 is 22.7 Å². The number of aromatic nitrogens is 1. The summed E-state index contributed by atoms with van der Waals surface area (Å²) in [5.41, 5.74) is 0.892. The van der Waals surface area contributed by atoms with Crippen LogP contribution in [0.3, 0.4) is 0 Å². The number of rotatable bonds is 5. The van der Waals surface area contributed by atoms with Gasteiger partial charge in [-0.05, 0) is 44.5 Å². The Balaban J connectivity index is 1.99. The first-order chi connectivity index (χ1) is 13.1. The standard InChI is InChI=1S/C18H19ClF3N3O2S/c1-10-4-3-5-25(10)9-15-16(24-17(28-15)23-11(2)26)12-6-13(19)8-14(7-12)27-18(20,21)22/h6-8,10H,3-5,9H2,1-2H3,(H,23,24,26)/t10-/m1/s1. The van der Waals surface area contributed by atoms with Crippen molar-refractivity contribution in [2.45, 2.75) is 45.6 Å². The molecule has 0 unspecified atom stereocenters. The van der Waals surface area contributed by atoms with Crippen molar-refractivity contribution >= 4 is 34.0 Å². The molecule has 5 nitrogen and oxygen atoms in total. The Morgan fingerprint density at radius 2 is 2.18 bits per heavy atom. The molecule has 0 bridgehead atoms. The smallest absolute Gasteiger partial charge is 0.406 e. The van der Waals surface area contributed by atoms with Crippen molar-refractivity contribution in [2.75, 3.05) is 11.9 Å². The number of halogens is 4. The molecule has 0 aliphatic carbocycles. The van der Waals surface area contributed by atoms with E-state index in [-0.39, 0.29) is 10.9 Å². The molecule has 2 aromatic rings. The maximum Gasteiger partial charge on any atom is 0.573 e. The largest absolute Gasteiger partial charge is 0.573 e. The molecule has 152 valence electrons. The predicted molar refractivity (Wildman–Crippen MR) is 103 cm³/mol. The van der Waals surface area contributed by atoms with Gasteiger partial charge in [-0.25, -0.2) is 4.98 Å². The van der Waals surface area contributed by atoms with Gasteiger partial charge in [0.25, 0.3) is 0 Å². The first kappa shape index (κ1) is 20.9. The summed E-state index contributed by atoms with van der Waals surface area (Å²) in [5.74, 6) is -0.682. The molecule has 1 N–H and O–H groups in total. The maximum atomic E-state index is 12.6. The minimum Gasteiger partial charge on any atom is -0.406 e. The normalized spacial score (nSPS) is 17.7. The number of ether oxygens (including phenoxy) is 1. The molecule has 1 saturated heterocycles. The lowest BCUT2D eigenvalue weighted by molar-refractivity contribution is -0.274. The number of amides is 1. The van der Waals surface area contributed by atoms with Gasteiger partial charge in [0.05, 0.1) is 5.69 Å². The zero-order valence-electron chi connectivity index (χ0n) is 15.3. The van der Waals surface area contributed by atoms with Crippen LogP contribution in [0.25, 0.3) is 11.3 Å². The first-order valence-corrected chi connectivity index (χ1v) is 9.88. The van der Waals surface area contributed by atoms with Gasteiger partial charge in [-0.1, -0.05) is 22.9 Å². The number of benzene rings is 1. The molecule has 28 heavy (non-hydrogen) atoms. The Kier molecular flexibility index (Phi) is 6.16. The highest BCUT2D eigenvalue weighted by Gasteiger charge is 2.31. The van der Waals surface area contributed by atoms with Crippen molar-refractivity contribution in [1.29, 1.82) is 0 Å². The fourth-order valence-electron chi connectivity index (χ4n) is 3.19. The van der Waals surface area contributed by atoms with Crippen LogP contribution in [0.4, 0.5) is 18.3 Å². The first-order valence-electron chi connectivity index (χ1n) is 8.69.